The Kier molecular flexibility index (Phi) is 6.37. The fraction of sp³-hybridized carbons (Fsp3) is 0.0769. The maximum atomic E-state index is 5.93. The Labute approximate surface area is 241 Å². The second-order valence-electron chi connectivity index (χ2n) is 10.8. The van der Waals surface area contributed by atoms with Crippen LogP contribution in [-0.4, -0.2) is 11.9 Å². The summed E-state index contributed by atoms with van der Waals surface area (Å²) < 4.78 is 5.93. The molecule has 1 unspecified atom stereocenters. The van der Waals surface area contributed by atoms with Crippen LogP contribution in [0.5, 0.6) is 0 Å². The van der Waals surface area contributed by atoms with Gasteiger partial charge >= 0.3 is 0 Å². The lowest BCUT2D eigenvalue weighted by Crippen LogP contribution is -2.24. The molecule has 0 amide bonds. The van der Waals surface area contributed by atoms with Gasteiger partial charge in [0.2, 0.25) is 0 Å². The van der Waals surface area contributed by atoms with Crippen molar-refractivity contribution in [1.29, 1.82) is 0 Å². The molecule has 1 aliphatic heterocycles. The minimum absolute atomic E-state index is 0.0161. The van der Waals surface area contributed by atoms with E-state index in [1.165, 1.54) is 55.3 Å². The van der Waals surface area contributed by atoms with Crippen molar-refractivity contribution in [3.63, 3.8) is 0 Å². The highest BCUT2D eigenvalue weighted by molar-refractivity contribution is 5.97. The van der Waals surface area contributed by atoms with E-state index >= 15 is 0 Å². The van der Waals surface area contributed by atoms with E-state index in [4.69, 9.17) is 4.42 Å². The number of aryl methyl sites for hydroxylation is 1. The van der Waals surface area contributed by atoms with Crippen LogP contribution in [-0.2, 0) is 0 Å². The SMILES string of the molecule is Cc1cccc(-c2ccc(C3=CC(c4cccc(-c5cccc6ccccc56)c4)=CC(c4ccco4)N3C)cc2)c1. The zero-order valence-corrected chi connectivity index (χ0v) is 23.3. The van der Waals surface area contributed by atoms with Crippen LogP contribution >= 0.6 is 0 Å². The summed E-state index contributed by atoms with van der Waals surface area (Å²) in [6.07, 6.45) is 6.38. The molecule has 2 heterocycles. The van der Waals surface area contributed by atoms with E-state index in [9.17, 15) is 0 Å². The van der Waals surface area contributed by atoms with Crippen molar-refractivity contribution in [2.24, 2.45) is 0 Å². The molecule has 6 aromatic rings. The van der Waals surface area contributed by atoms with Crippen LogP contribution in [0.1, 0.15) is 28.5 Å². The third-order valence-corrected chi connectivity index (χ3v) is 8.09. The molecule has 0 N–H and O–H groups in total. The monoisotopic (exact) mass is 529 g/mol. The molecule has 0 saturated carbocycles. The van der Waals surface area contributed by atoms with Gasteiger partial charge in [-0.15, -0.1) is 0 Å². The summed E-state index contributed by atoms with van der Waals surface area (Å²) in [4.78, 5) is 2.30. The minimum atomic E-state index is -0.0161. The van der Waals surface area contributed by atoms with E-state index < -0.39 is 0 Å². The molecule has 2 nitrogen and oxygen atoms in total. The number of furan rings is 1. The summed E-state index contributed by atoms with van der Waals surface area (Å²) in [5.41, 5.74) is 10.9. The molecule has 0 spiro atoms. The first-order valence-corrected chi connectivity index (χ1v) is 14.1. The van der Waals surface area contributed by atoms with Gasteiger partial charge in [-0.1, -0.05) is 115 Å². The topological polar surface area (TPSA) is 16.4 Å². The Hall–Kier alpha value is -5.08. The number of nitrogens with zero attached hydrogens (tertiary/aromatic N) is 1. The Bertz CT molecular complexity index is 1900. The lowest BCUT2D eigenvalue weighted by atomic mass is 9.91. The van der Waals surface area contributed by atoms with Gasteiger partial charge in [0.1, 0.15) is 11.8 Å². The van der Waals surface area contributed by atoms with Crippen LogP contribution in [0.25, 0.3) is 44.3 Å². The maximum absolute atomic E-state index is 5.93. The number of hydrogen-bond donors (Lipinski definition) is 0. The first-order chi connectivity index (χ1) is 20.1. The summed E-state index contributed by atoms with van der Waals surface area (Å²) in [6.45, 7) is 2.14. The number of rotatable bonds is 5. The Balaban J connectivity index is 1.31. The van der Waals surface area contributed by atoms with Crippen LogP contribution in [0, 0.1) is 6.92 Å². The van der Waals surface area contributed by atoms with Gasteiger partial charge in [0.25, 0.3) is 0 Å². The molecule has 198 valence electrons. The van der Waals surface area contributed by atoms with Gasteiger partial charge in [0.15, 0.2) is 0 Å². The van der Waals surface area contributed by atoms with Crippen LogP contribution < -0.4 is 0 Å². The van der Waals surface area contributed by atoms with Crippen LogP contribution in [0.2, 0.25) is 0 Å². The second-order valence-corrected chi connectivity index (χ2v) is 10.8. The average Bonchev–Trinajstić information content (AvgIpc) is 3.56. The molecule has 5 aromatic carbocycles. The third kappa shape index (κ3) is 4.79. The quantitative estimate of drug-likeness (QED) is 0.221. The fourth-order valence-corrected chi connectivity index (χ4v) is 5.93. The lowest BCUT2D eigenvalue weighted by molar-refractivity contribution is 0.348. The van der Waals surface area contributed by atoms with Crippen molar-refractivity contribution in [3.05, 3.63) is 168 Å². The van der Waals surface area contributed by atoms with Crippen molar-refractivity contribution in [3.8, 4) is 22.3 Å². The predicted octanol–water partition coefficient (Wildman–Crippen LogP) is 10.2. The highest BCUT2D eigenvalue weighted by atomic mass is 16.3. The lowest BCUT2D eigenvalue weighted by Gasteiger charge is -2.33. The summed E-state index contributed by atoms with van der Waals surface area (Å²) >= 11 is 0. The van der Waals surface area contributed by atoms with Gasteiger partial charge < -0.3 is 9.32 Å². The zero-order chi connectivity index (χ0) is 27.8. The number of hydrogen-bond acceptors (Lipinski definition) is 2. The van der Waals surface area contributed by atoms with Crippen molar-refractivity contribution >= 4 is 22.0 Å². The first kappa shape index (κ1) is 24.9. The molecule has 0 bridgehead atoms. The average molecular weight is 530 g/mol. The van der Waals surface area contributed by atoms with Crippen molar-refractivity contribution in [2.75, 3.05) is 7.05 Å². The van der Waals surface area contributed by atoms with Crippen LogP contribution in [0.3, 0.4) is 0 Å². The number of fused-ring (bicyclic) bond motifs is 1. The molecular weight excluding hydrogens is 498 g/mol. The van der Waals surface area contributed by atoms with Gasteiger partial charge in [-0.3, -0.25) is 0 Å². The standard InChI is InChI=1S/C39H31NO/c1-27-9-5-12-31(23-27)28-18-20-30(21-19-28)37-25-34(26-38(40(37)2)39-17-8-22-41-39)32-13-6-14-33(24-32)36-16-7-11-29-10-3-4-15-35(29)36/h3-26,38H,1-2H3. The normalized spacial score (nSPS) is 15.1. The number of allylic oxidation sites excluding steroid dienone is 2. The van der Waals surface area contributed by atoms with Gasteiger partial charge in [-0.05, 0) is 87.0 Å². The molecule has 0 aliphatic carbocycles. The van der Waals surface area contributed by atoms with Gasteiger partial charge in [-0.2, -0.15) is 0 Å². The molecule has 0 saturated heterocycles. The molecular formula is C39H31NO. The second kappa shape index (κ2) is 10.5. The highest BCUT2D eigenvalue weighted by Gasteiger charge is 2.26. The van der Waals surface area contributed by atoms with E-state index in [0.29, 0.717) is 0 Å². The third-order valence-electron chi connectivity index (χ3n) is 8.09. The summed E-state index contributed by atoms with van der Waals surface area (Å²) in [6, 6.07) is 45.6. The molecule has 0 fully saturated rings. The Morgan fingerprint density at radius 1 is 0.610 bits per heavy atom. The molecule has 2 heteroatoms. The van der Waals surface area contributed by atoms with Gasteiger partial charge in [-0.25, -0.2) is 0 Å². The smallest absolute Gasteiger partial charge is 0.130 e. The molecule has 1 atom stereocenters. The fourth-order valence-electron chi connectivity index (χ4n) is 5.93. The Morgan fingerprint density at radius 3 is 2.17 bits per heavy atom. The van der Waals surface area contributed by atoms with E-state index in [0.717, 1.165) is 11.5 Å². The minimum Gasteiger partial charge on any atom is -0.467 e. The number of benzene rings is 5. The summed E-state index contributed by atoms with van der Waals surface area (Å²) in [5, 5.41) is 2.52. The molecule has 1 aromatic heterocycles. The highest BCUT2D eigenvalue weighted by Crippen LogP contribution is 2.40. The van der Waals surface area contributed by atoms with Crippen LogP contribution in [0.15, 0.2) is 150 Å². The molecule has 1 aliphatic rings. The van der Waals surface area contributed by atoms with Crippen LogP contribution in [0.4, 0.5) is 0 Å². The van der Waals surface area contributed by atoms with E-state index in [-0.39, 0.29) is 6.04 Å². The molecule has 7 rings (SSSR count). The Morgan fingerprint density at radius 2 is 1.34 bits per heavy atom. The van der Waals surface area contributed by atoms with E-state index in [2.05, 4.69) is 152 Å². The van der Waals surface area contributed by atoms with E-state index in [1.54, 1.807) is 6.26 Å². The molecule has 0 radical (unpaired) electrons. The van der Waals surface area contributed by atoms with Gasteiger partial charge in [0.05, 0.1) is 6.26 Å². The van der Waals surface area contributed by atoms with Crippen molar-refractivity contribution < 1.29 is 4.42 Å². The molecule has 41 heavy (non-hydrogen) atoms. The van der Waals surface area contributed by atoms with Crippen molar-refractivity contribution in [2.45, 2.75) is 13.0 Å². The van der Waals surface area contributed by atoms with E-state index in [1.807, 2.05) is 6.07 Å². The van der Waals surface area contributed by atoms with Crippen molar-refractivity contribution in [1.82, 2.24) is 4.90 Å². The number of likely N-dealkylation sites (N-methyl/N-ethyl adjacent to an activating group) is 1. The predicted molar refractivity (Wildman–Crippen MR) is 171 cm³/mol. The summed E-state index contributed by atoms with van der Waals surface area (Å²) in [7, 11) is 2.15. The van der Waals surface area contributed by atoms with Gasteiger partial charge in [0, 0.05) is 12.7 Å². The maximum Gasteiger partial charge on any atom is 0.130 e. The zero-order valence-electron chi connectivity index (χ0n) is 23.3. The largest absolute Gasteiger partial charge is 0.467 e. The first-order valence-electron chi connectivity index (χ1n) is 14.1. The summed E-state index contributed by atoms with van der Waals surface area (Å²) in [5.74, 6) is 0.928.